The van der Waals surface area contributed by atoms with Crippen LogP contribution in [0.5, 0.6) is 0 Å². The van der Waals surface area contributed by atoms with Crippen molar-refractivity contribution in [1.82, 2.24) is 0 Å². The van der Waals surface area contributed by atoms with Crippen LogP contribution in [0.15, 0.2) is 41.6 Å². The van der Waals surface area contributed by atoms with Crippen molar-refractivity contribution in [3.05, 3.63) is 47.7 Å². The number of benzene rings is 1. The fourth-order valence-electron chi connectivity index (χ4n) is 1.35. The molecule has 1 aromatic rings. The highest BCUT2D eigenvalue weighted by atomic mass is 16.3. The summed E-state index contributed by atoms with van der Waals surface area (Å²) in [6.45, 7) is 7.50. The minimum Gasteiger partial charge on any atom is -0.511 e. The van der Waals surface area contributed by atoms with Crippen LogP contribution in [0.2, 0.25) is 0 Å². The molecule has 1 rings (SSSR count). The van der Waals surface area contributed by atoms with E-state index >= 15 is 0 Å². The van der Waals surface area contributed by atoms with Crippen LogP contribution >= 0.6 is 0 Å². The van der Waals surface area contributed by atoms with Crippen LogP contribution in [-0.2, 0) is 6.42 Å². The predicted octanol–water partition coefficient (Wildman–Crippen LogP) is 2.46. The molecular weight excluding hydrogens is 212 g/mol. The molecule has 0 aliphatic heterocycles. The molecule has 0 bridgehead atoms. The summed E-state index contributed by atoms with van der Waals surface area (Å²) in [5.41, 5.74) is 7.86. The Hall–Kier alpha value is -1.61. The lowest BCUT2D eigenvalue weighted by Crippen LogP contribution is -2.24. The molecule has 0 saturated heterocycles. The Morgan fingerprint density at radius 2 is 2.00 bits per heavy atom. The van der Waals surface area contributed by atoms with E-state index in [1.807, 2.05) is 44.3 Å². The van der Waals surface area contributed by atoms with E-state index in [0.29, 0.717) is 12.5 Å². The Bertz CT molecular complexity index is 393. The summed E-state index contributed by atoms with van der Waals surface area (Å²) in [6, 6.07) is 7.88. The molecule has 0 fully saturated rings. The second-order valence-electron chi connectivity index (χ2n) is 4.42. The van der Waals surface area contributed by atoms with Gasteiger partial charge in [0.25, 0.3) is 0 Å². The summed E-state index contributed by atoms with van der Waals surface area (Å²) < 4.78 is 0. The van der Waals surface area contributed by atoms with E-state index in [1.165, 1.54) is 0 Å². The lowest BCUT2D eigenvalue weighted by molar-refractivity contribution is 0.368. The van der Waals surface area contributed by atoms with Crippen molar-refractivity contribution in [2.24, 2.45) is 10.7 Å². The highest BCUT2D eigenvalue weighted by Crippen LogP contribution is 2.07. The molecule has 0 aliphatic carbocycles. The Kier molecular flexibility index (Phi) is 4.91. The van der Waals surface area contributed by atoms with Crippen LogP contribution in [0.3, 0.4) is 0 Å². The van der Waals surface area contributed by atoms with Gasteiger partial charge in [0.1, 0.15) is 5.76 Å². The first-order chi connectivity index (χ1) is 7.99. The SMILES string of the molecule is C=C(O)C(N)Cc1ccc(C=NC(C)C)cc1. The van der Waals surface area contributed by atoms with Crippen molar-refractivity contribution in [3.63, 3.8) is 0 Å². The average molecular weight is 232 g/mol. The molecule has 0 saturated carbocycles. The summed E-state index contributed by atoms with van der Waals surface area (Å²) in [6.07, 6.45) is 2.45. The third-order valence-electron chi connectivity index (χ3n) is 2.39. The summed E-state index contributed by atoms with van der Waals surface area (Å²) >= 11 is 0. The number of hydrogen-bond donors (Lipinski definition) is 2. The molecule has 0 radical (unpaired) electrons. The van der Waals surface area contributed by atoms with Gasteiger partial charge in [-0.25, -0.2) is 0 Å². The van der Waals surface area contributed by atoms with Gasteiger partial charge in [-0.2, -0.15) is 0 Å². The van der Waals surface area contributed by atoms with E-state index in [4.69, 9.17) is 10.8 Å². The zero-order chi connectivity index (χ0) is 12.8. The molecule has 1 aromatic carbocycles. The van der Waals surface area contributed by atoms with Crippen molar-refractivity contribution < 1.29 is 5.11 Å². The van der Waals surface area contributed by atoms with Crippen LogP contribution in [-0.4, -0.2) is 23.4 Å². The summed E-state index contributed by atoms with van der Waals surface area (Å²) in [4.78, 5) is 4.31. The third kappa shape index (κ3) is 4.83. The first-order valence-corrected chi connectivity index (χ1v) is 5.74. The molecule has 1 atom stereocenters. The maximum Gasteiger partial charge on any atom is 0.102 e. The van der Waals surface area contributed by atoms with Crippen LogP contribution < -0.4 is 5.73 Å². The van der Waals surface area contributed by atoms with Gasteiger partial charge in [-0.05, 0) is 31.4 Å². The molecular formula is C14H20N2O. The number of aliphatic hydroxyl groups is 1. The Balaban J connectivity index is 2.65. The number of nitrogens with zero attached hydrogens (tertiary/aromatic N) is 1. The number of rotatable bonds is 5. The normalized spacial score (nSPS) is 13.2. The van der Waals surface area contributed by atoms with Crippen LogP contribution in [0, 0.1) is 0 Å². The number of nitrogens with two attached hydrogens (primary N) is 1. The molecule has 0 heterocycles. The van der Waals surface area contributed by atoms with Crippen LogP contribution in [0.4, 0.5) is 0 Å². The Labute approximate surface area is 103 Å². The maximum absolute atomic E-state index is 9.14. The third-order valence-corrected chi connectivity index (χ3v) is 2.39. The van der Waals surface area contributed by atoms with Gasteiger partial charge in [-0.3, -0.25) is 4.99 Å². The fourth-order valence-corrected chi connectivity index (χ4v) is 1.35. The minimum atomic E-state index is -0.398. The quantitative estimate of drug-likeness (QED) is 0.605. The summed E-state index contributed by atoms with van der Waals surface area (Å²) in [5.74, 6) is 0.0236. The van der Waals surface area contributed by atoms with Gasteiger partial charge in [-0.1, -0.05) is 30.8 Å². The van der Waals surface area contributed by atoms with Crippen molar-refractivity contribution in [2.75, 3.05) is 0 Å². The molecule has 1 unspecified atom stereocenters. The van der Waals surface area contributed by atoms with Crippen molar-refractivity contribution >= 4 is 6.21 Å². The van der Waals surface area contributed by atoms with E-state index < -0.39 is 6.04 Å². The number of aliphatic imine (C=N–C) groups is 1. The van der Waals surface area contributed by atoms with Gasteiger partial charge in [0.2, 0.25) is 0 Å². The smallest absolute Gasteiger partial charge is 0.102 e. The number of aliphatic hydroxyl groups excluding tert-OH is 1. The minimum absolute atomic E-state index is 0.0236. The lowest BCUT2D eigenvalue weighted by Gasteiger charge is -2.09. The van der Waals surface area contributed by atoms with E-state index in [1.54, 1.807) is 0 Å². The first kappa shape index (κ1) is 13.5. The average Bonchev–Trinajstić information content (AvgIpc) is 2.28. The van der Waals surface area contributed by atoms with Crippen LogP contribution in [0.25, 0.3) is 0 Å². The monoisotopic (exact) mass is 232 g/mol. The standard InChI is InChI=1S/C14H20N2O/c1-10(2)16-9-13-6-4-12(5-7-13)8-14(15)11(3)17/h4-7,9-10,14,17H,3,8,15H2,1-2H3. The molecule has 3 heteroatoms. The van der Waals surface area contributed by atoms with Gasteiger partial charge in [-0.15, -0.1) is 0 Å². The maximum atomic E-state index is 9.14. The summed E-state index contributed by atoms with van der Waals surface area (Å²) in [5, 5.41) is 9.14. The molecule has 3 N–H and O–H groups in total. The van der Waals surface area contributed by atoms with Crippen LogP contribution in [0.1, 0.15) is 25.0 Å². The highest BCUT2D eigenvalue weighted by Gasteiger charge is 2.06. The second kappa shape index (κ2) is 6.21. The van der Waals surface area contributed by atoms with Crippen molar-refractivity contribution in [2.45, 2.75) is 32.4 Å². The Morgan fingerprint density at radius 3 is 2.47 bits per heavy atom. The lowest BCUT2D eigenvalue weighted by atomic mass is 10.0. The zero-order valence-corrected chi connectivity index (χ0v) is 10.4. The molecule has 92 valence electrons. The van der Waals surface area contributed by atoms with Gasteiger partial charge in [0.15, 0.2) is 0 Å². The molecule has 17 heavy (non-hydrogen) atoms. The topological polar surface area (TPSA) is 58.6 Å². The highest BCUT2D eigenvalue weighted by molar-refractivity contribution is 5.79. The van der Waals surface area contributed by atoms with Crippen molar-refractivity contribution in [1.29, 1.82) is 0 Å². The van der Waals surface area contributed by atoms with Gasteiger partial charge in [0, 0.05) is 12.3 Å². The largest absolute Gasteiger partial charge is 0.511 e. The Morgan fingerprint density at radius 1 is 1.41 bits per heavy atom. The van der Waals surface area contributed by atoms with E-state index in [0.717, 1.165) is 11.1 Å². The first-order valence-electron chi connectivity index (χ1n) is 5.74. The van der Waals surface area contributed by atoms with Crippen molar-refractivity contribution in [3.8, 4) is 0 Å². The molecule has 0 aliphatic rings. The molecule has 0 amide bonds. The van der Waals surface area contributed by atoms with Gasteiger partial charge < -0.3 is 10.8 Å². The van der Waals surface area contributed by atoms with E-state index in [2.05, 4.69) is 11.6 Å². The fraction of sp³-hybridized carbons (Fsp3) is 0.357. The molecule has 3 nitrogen and oxygen atoms in total. The molecule has 0 spiro atoms. The second-order valence-corrected chi connectivity index (χ2v) is 4.42. The predicted molar refractivity (Wildman–Crippen MR) is 72.6 cm³/mol. The molecule has 0 aromatic heterocycles. The number of hydrogen-bond acceptors (Lipinski definition) is 3. The van der Waals surface area contributed by atoms with Gasteiger partial charge in [0.05, 0.1) is 6.04 Å². The summed E-state index contributed by atoms with van der Waals surface area (Å²) in [7, 11) is 0. The zero-order valence-electron chi connectivity index (χ0n) is 10.4. The van der Waals surface area contributed by atoms with E-state index in [9.17, 15) is 0 Å². The van der Waals surface area contributed by atoms with Gasteiger partial charge >= 0.3 is 0 Å². The van der Waals surface area contributed by atoms with E-state index in [-0.39, 0.29) is 5.76 Å².